The number of aliphatic hydroxyl groups is 1. The fourth-order valence-electron chi connectivity index (χ4n) is 3.49. The molecular formula is C17H32N2O2. The van der Waals surface area contributed by atoms with Crippen LogP contribution in [0.5, 0.6) is 0 Å². The fourth-order valence-corrected chi connectivity index (χ4v) is 3.49. The van der Waals surface area contributed by atoms with Crippen molar-refractivity contribution in [3.05, 3.63) is 0 Å². The molecule has 0 atom stereocenters. The van der Waals surface area contributed by atoms with Crippen LogP contribution in [0.25, 0.3) is 0 Å². The van der Waals surface area contributed by atoms with Gasteiger partial charge in [0.2, 0.25) is 5.91 Å². The van der Waals surface area contributed by atoms with E-state index in [1.807, 2.05) is 13.8 Å². The number of hydrogen-bond donors (Lipinski definition) is 2. The maximum Gasteiger partial charge on any atom is 0.227 e. The molecule has 0 aromatic carbocycles. The van der Waals surface area contributed by atoms with Crippen molar-refractivity contribution in [3.8, 4) is 0 Å². The van der Waals surface area contributed by atoms with Gasteiger partial charge in [-0.2, -0.15) is 0 Å². The van der Waals surface area contributed by atoms with Gasteiger partial charge in [0.1, 0.15) is 0 Å². The summed E-state index contributed by atoms with van der Waals surface area (Å²) in [5.41, 5.74) is -0.356. The molecule has 0 aromatic heterocycles. The van der Waals surface area contributed by atoms with E-state index in [9.17, 15) is 9.90 Å². The summed E-state index contributed by atoms with van der Waals surface area (Å²) in [5.74, 6) is 0.999. The van der Waals surface area contributed by atoms with Gasteiger partial charge in [0, 0.05) is 25.7 Å². The number of likely N-dealkylation sites (tertiary alicyclic amines) is 1. The van der Waals surface area contributed by atoms with Gasteiger partial charge >= 0.3 is 0 Å². The largest absolute Gasteiger partial charge is 0.393 e. The molecule has 4 nitrogen and oxygen atoms in total. The number of piperidine rings is 1. The van der Waals surface area contributed by atoms with E-state index >= 15 is 0 Å². The highest BCUT2D eigenvalue weighted by atomic mass is 16.3. The first kappa shape index (κ1) is 16.8. The summed E-state index contributed by atoms with van der Waals surface area (Å²) in [6, 6.07) is 0.371. The number of nitrogens with zero attached hydrogens (tertiary/aromatic N) is 1. The van der Waals surface area contributed by atoms with Crippen molar-refractivity contribution in [1.82, 2.24) is 10.2 Å². The molecule has 2 aliphatic rings. The first-order valence-electron chi connectivity index (χ1n) is 8.58. The Bertz CT molecular complexity index is 341. The Balaban J connectivity index is 1.79. The molecule has 2 fully saturated rings. The minimum Gasteiger partial charge on any atom is -0.393 e. The molecule has 1 saturated carbocycles. The number of carbonyl (C=O) groups is 1. The molecule has 0 bridgehead atoms. The Morgan fingerprint density at radius 2 is 1.71 bits per heavy atom. The Morgan fingerprint density at radius 1 is 1.14 bits per heavy atom. The molecular weight excluding hydrogens is 264 g/mol. The second-order valence-corrected chi connectivity index (χ2v) is 7.82. The number of aliphatic hydroxyl groups excluding tert-OH is 1. The molecule has 0 spiro atoms. The van der Waals surface area contributed by atoms with Crippen molar-refractivity contribution in [2.75, 3.05) is 19.6 Å². The lowest BCUT2D eigenvalue weighted by Crippen LogP contribution is -2.50. The Labute approximate surface area is 129 Å². The van der Waals surface area contributed by atoms with Gasteiger partial charge in [-0.05, 0) is 58.3 Å². The lowest BCUT2D eigenvalue weighted by atomic mass is 9.85. The van der Waals surface area contributed by atoms with Crippen molar-refractivity contribution >= 4 is 5.91 Å². The highest BCUT2D eigenvalue weighted by molar-refractivity contribution is 5.82. The third-order valence-electron chi connectivity index (χ3n) is 5.14. The smallest absolute Gasteiger partial charge is 0.227 e. The standard InChI is InChI=1S/C17H32N2O2/c1-13-4-6-14(7-5-13)18-16(21)17(2,3)12-19-10-8-15(20)9-11-19/h13-15,20H,4-12H2,1-3H3,(H,18,21)/t13-,14-. The third-order valence-corrected chi connectivity index (χ3v) is 5.14. The van der Waals surface area contributed by atoms with E-state index < -0.39 is 0 Å². The lowest BCUT2D eigenvalue weighted by Gasteiger charge is -2.36. The van der Waals surface area contributed by atoms with Crippen LogP contribution in [0.1, 0.15) is 59.3 Å². The summed E-state index contributed by atoms with van der Waals surface area (Å²) in [5, 5.41) is 12.8. The molecule has 0 radical (unpaired) electrons. The van der Waals surface area contributed by atoms with Crippen molar-refractivity contribution in [1.29, 1.82) is 0 Å². The second-order valence-electron chi connectivity index (χ2n) is 7.82. The first-order valence-corrected chi connectivity index (χ1v) is 8.58. The molecule has 21 heavy (non-hydrogen) atoms. The van der Waals surface area contributed by atoms with Gasteiger partial charge in [-0.25, -0.2) is 0 Å². The van der Waals surface area contributed by atoms with Crippen molar-refractivity contribution in [3.63, 3.8) is 0 Å². The Hall–Kier alpha value is -0.610. The molecule has 1 amide bonds. The van der Waals surface area contributed by atoms with Crippen LogP contribution in [0.2, 0.25) is 0 Å². The highest BCUT2D eigenvalue weighted by Crippen LogP contribution is 2.26. The van der Waals surface area contributed by atoms with E-state index in [0.717, 1.165) is 51.2 Å². The van der Waals surface area contributed by atoms with E-state index in [0.29, 0.717) is 6.04 Å². The minimum atomic E-state index is -0.356. The van der Waals surface area contributed by atoms with Crippen LogP contribution in [0.15, 0.2) is 0 Å². The molecule has 2 N–H and O–H groups in total. The molecule has 1 aliphatic carbocycles. The maximum atomic E-state index is 12.6. The van der Waals surface area contributed by atoms with Crippen LogP contribution in [-0.4, -0.2) is 47.7 Å². The first-order chi connectivity index (χ1) is 9.87. The summed E-state index contributed by atoms with van der Waals surface area (Å²) >= 11 is 0. The Morgan fingerprint density at radius 3 is 2.29 bits per heavy atom. The molecule has 1 saturated heterocycles. The summed E-state index contributed by atoms with van der Waals surface area (Å²) in [6.45, 7) is 8.97. The third kappa shape index (κ3) is 4.96. The molecule has 2 rings (SSSR count). The van der Waals surface area contributed by atoms with Gasteiger partial charge < -0.3 is 15.3 Å². The average Bonchev–Trinajstić information content (AvgIpc) is 2.43. The summed E-state index contributed by atoms with van der Waals surface area (Å²) in [6.07, 6.45) is 6.22. The number of rotatable bonds is 4. The zero-order chi connectivity index (χ0) is 15.5. The fraction of sp³-hybridized carbons (Fsp3) is 0.941. The highest BCUT2D eigenvalue weighted by Gasteiger charge is 2.33. The lowest BCUT2D eigenvalue weighted by molar-refractivity contribution is -0.131. The van der Waals surface area contributed by atoms with Crippen LogP contribution in [-0.2, 0) is 4.79 Å². The molecule has 122 valence electrons. The zero-order valence-corrected chi connectivity index (χ0v) is 13.9. The van der Waals surface area contributed by atoms with Gasteiger partial charge in [-0.3, -0.25) is 4.79 Å². The SMILES string of the molecule is CC(C)(CN1CCC(O)CC1)C(=O)N[C@H]1CC[C@H](C)CC1. The van der Waals surface area contributed by atoms with Gasteiger partial charge in [0.15, 0.2) is 0 Å². The van der Waals surface area contributed by atoms with Crippen LogP contribution < -0.4 is 5.32 Å². The van der Waals surface area contributed by atoms with E-state index in [-0.39, 0.29) is 17.4 Å². The van der Waals surface area contributed by atoms with Crippen LogP contribution in [0, 0.1) is 11.3 Å². The predicted octanol–water partition coefficient (Wildman–Crippen LogP) is 2.16. The zero-order valence-electron chi connectivity index (χ0n) is 13.9. The van der Waals surface area contributed by atoms with Gasteiger partial charge in [0.25, 0.3) is 0 Å². The molecule has 0 unspecified atom stereocenters. The summed E-state index contributed by atoms with van der Waals surface area (Å²) < 4.78 is 0. The van der Waals surface area contributed by atoms with Gasteiger partial charge in [-0.1, -0.05) is 6.92 Å². The molecule has 1 heterocycles. The van der Waals surface area contributed by atoms with Crippen molar-refractivity contribution < 1.29 is 9.90 Å². The van der Waals surface area contributed by atoms with Gasteiger partial charge in [-0.15, -0.1) is 0 Å². The topological polar surface area (TPSA) is 52.6 Å². The quantitative estimate of drug-likeness (QED) is 0.836. The van der Waals surface area contributed by atoms with Gasteiger partial charge in [0.05, 0.1) is 11.5 Å². The summed E-state index contributed by atoms with van der Waals surface area (Å²) in [4.78, 5) is 14.9. The predicted molar refractivity (Wildman–Crippen MR) is 85.0 cm³/mol. The number of hydrogen-bond acceptors (Lipinski definition) is 3. The average molecular weight is 296 g/mol. The second kappa shape index (κ2) is 7.10. The Kier molecular flexibility index (Phi) is 5.67. The van der Waals surface area contributed by atoms with Crippen LogP contribution in [0.3, 0.4) is 0 Å². The van der Waals surface area contributed by atoms with E-state index in [1.54, 1.807) is 0 Å². The van der Waals surface area contributed by atoms with E-state index in [4.69, 9.17) is 0 Å². The van der Waals surface area contributed by atoms with E-state index in [1.165, 1.54) is 12.8 Å². The maximum absolute atomic E-state index is 12.6. The van der Waals surface area contributed by atoms with Crippen LogP contribution >= 0.6 is 0 Å². The minimum absolute atomic E-state index is 0.151. The molecule has 0 aromatic rings. The van der Waals surface area contributed by atoms with Crippen molar-refractivity contribution in [2.24, 2.45) is 11.3 Å². The normalized spacial score (nSPS) is 29.3. The number of carbonyl (C=O) groups excluding carboxylic acids is 1. The monoisotopic (exact) mass is 296 g/mol. The molecule has 1 aliphatic heterocycles. The van der Waals surface area contributed by atoms with Crippen molar-refractivity contribution in [2.45, 2.75) is 71.4 Å². The van der Waals surface area contributed by atoms with E-state index in [2.05, 4.69) is 17.1 Å². The number of amides is 1. The summed E-state index contributed by atoms with van der Waals surface area (Å²) in [7, 11) is 0. The van der Waals surface area contributed by atoms with Crippen LogP contribution in [0.4, 0.5) is 0 Å². The molecule has 4 heteroatoms. The number of nitrogens with one attached hydrogen (secondary N) is 1.